The van der Waals surface area contributed by atoms with E-state index in [1.165, 1.54) is 23.5 Å². The van der Waals surface area contributed by atoms with E-state index in [4.69, 9.17) is 16.8 Å². The number of fused-ring (bicyclic) bond motifs is 1. The number of thiocarbonyl (C=S) groups is 1. The van der Waals surface area contributed by atoms with E-state index < -0.39 is 10.1 Å². The minimum atomic E-state index is -3.95. The van der Waals surface area contributed by atoms with Gasteiger partial charge < -0.3 is 4.90 Å². The standard InChI is InChI=1S/C16H18N2O4S4/c1-2-17-14(19)13(25-16(17)23)15-18(9-5-6-10-26(20,21)22)11-7-3-4-8-12(11)24-15/h3-4,7-8H,2,5-6,9-10H2,1H3,(H,20,21,22)/b15-13+. The maximum absolute atomic E-state index is 12.7. The number of hydrogen-bond donors (Lipinski definition) is 1. The fourth-order valence-electron chi connectivity index (χ4n) is 2.78. The molecule has 140 valence electrons. The zero-order valence-corrected chi connectivity index (χ0v) is 17.3. The minimum absolute atomic E-state index is 0.0826. The summed E-state index contributed by atoms with van der Waals surface area (Å²) in [5.41, 5.74) is 1.00. The number of thioether (sulfide) groups is 2. The Morgan fingerprint density at radius 1 is 1.15 bits per heavy atom. The molecule has 6 nitrogen and oxygen atoms in total. The van der Waals surface area contributed by atoms with Crippen molar-refractivity contribution in [2.24, 2.45) is 0 Å². The van der Waals surface area contributed by atoms with Crippen molar-refractivity contribution in [2.45, 2.75) is 24.7 Å². The van der Waals surface area contributed by atoms with Crippen molar-refractivity contribution in [1.82, 2.24) is 4.90 Å². The highest BCUT2D eigenvalue weighted by Crippen LogP contribution is 2.50. The summed E-state index contributed by atoms with van der Waals surface area (Å²) in [6, 6.07) is 7.87. The maximum Gasteiger partial charge on any atom is 0.268 e. The van der Waals surface area contributed by atoms with E-state index in [2.05, 4.69) is 0 Å². The van der Waals surface area contributed by atoms with Gasteiger partial charge in [0.25, 0.3) is 16.0 Å². The first kappa shape index (κ1) is 19.7. The van der Waals surface area contributed by atoms with Crippen LogP contribution in [0.1, 0.15) is 19.8 Å². The SMILES string of the molecule is CCN1C(=O)/C(=C2\Sc3ccccc3N2CCCCS(=O)(=O)O)SC1=S. The quantitative estimate of drug-likeness (QED) is 0.319. The van der Waals surface area contributed by atoms with Crippen molar-refractivity contribution >= 4 is 61.8 Å². The lowest BCUT2D eigenvalue weighted by Gasteiger charge is -2.21. The number of carbonyl (C=O) groups is 1. The van der Waals surface area contributed by atoms with E-state index >= 15 is 0 Å². The number of para-hydroxylation sites is 1. The van der Waals surface area contributed by atoms with Crippen molar-refractivity contribution in [2.75, 3.05) is 23.7 Å². The lowest BCUT2D eigenvalue weighted by Crippen LogP contribution is -2.28. The average Bonchev–Trinajstić information content (AvgIpc) is 3.08. The number of nitrogens with zero attached hydrogens (tertiary/aromatic N) is 2. The summed E-state index contributed by atoms with van der Waals surface area (Å²) in [5.74, 6) is -0.344. The van der Waals surface area contributed by atoms with Crippen LogP contribution in [0, 0.1) is 0 Å². The van der Waals surface area contributed by atoms with Crippen LogP contribution in [-0.4, -0.2) is 46.9 Å². The molecule has 2 aliphatic heterocycles. The molecule has 1 N–H and O–H groups in total. The summed E-state index contributed by atoms with van der Waals surface area (Å²) >= 11 is 8.16. The number of anilines is 1. The lowest BCUT2D eigenvalue weighted by molar-refractivity contribution is -0.122. The number of benzene rings is 1. The van der Waals surface area contributed by atoms with Crippen LogP contribution in [-0.2, 0) is 14.9 Å². The summed E-state index contributed by atoms with van der Waals surface area (Å²) in [5, 5.41) is 0.839. The molecule has 0 unspecified atom stereocenters. The van der Waals surface area contributed by atoms with Gasteiger partial charge in [0.05, 0.1) is 11.4 Å². The molecule has 0 aromatic heterocycles. The molecule has 1 aromatic rings. The molecule has 1 saturated heterocycles. The second-order valence-corrected chi connectivity index (χ2v) is 10.0. The molecular formula is C16H18N2O4S4. The smallest absolute Gasteiger partial charge is 0.268 e. The summed E-state index contributed by atoms with van der Waals surface area (Å²) in [6.07, 6.45) is 0.928. The molecule has 2 aliphatic rings. The molecule has 0 aliphatic carbocycles. The van der Waals surface area contributed by atoms with Crippen LogP contribution in [0.25, 0.3) is 0 Å². The third-order valence-electron chi connectivity index (χ3n) is 4.00. The average molecular weight is 431 g/mol. The Kier molecular flexibility index (Phi) is 5.97. The fraction of sp³-hybridized carbons (Fsp3) is 0.375. The molecule has 0 bridgehead atoms. The molecule has 0 atom stereocenters. The van der Waals surface area contributed by atoms with E-state index in [0.717, 1.165) is 15.6 Å². The Balaban J connectivity index is 1.86. The summed E-state index contributed by atoms with van der Waals surface area (Å²) in [6.45, 7) is 2.99. The number of carbonyl (C=O) groups excluding carboxylic acids is 1. The van der Waals surface area contributed by atoms with Crippen molar-refractivity contribution in [3.8, 4) is 0 Å². The first-order chi connectivity index (χ1) is 12.3. The fourth-order valence-corrected chi connectivity index (χ4v) is 6.07. The van der Waals surface area contributed by atoms with Crippen molar-refractivity contribution in [3.05, 3.63) is 34.2 Å². The molecule has 3 rings (SSSR count). The molecule has 2 heterocycles. The number of hydrogen-bond acceptors (Lipinski definition) is 7. The Morgan fingerprint density at radius 2 is 1.88 bits per heavy atom. The summed E-state index contributed by atoms with van der Waals surface area (Å²) in [4.78, 5) is 18.0. The van der Waals surface area contributed by atoms with Gasteiger partial charge >= 0.3 is 0 Å². The van der Waals surface area contributed by atoms with E-state index in [1.807, 2.05) is 36.1 Å². The van der Waals surface area contributed by atoms with Gasteiger partial charge in [-0.05, 0) is 31.9 Å². The molecule has 0 radical (unpaired) electrons. The van der Waals surface area contributed by atoms with E-state index in [0.29, 0.717) is 35.2 Å². The first-order valence-electron chi connectivity index (χ1n) is 8.09. The Labute approximate surface area is 166 Å². The van der Waals surface area contributed by atoms with Gasteiger partial charge in [0.2, 0.25) is 0 Å². The molecule has 10 heteroatoms. The van der Waals surface area contributed by atoms with E-state index in [1.54, 1.807) is 4.90 Å². The Hall–Kier alpha value is -1.07. The lowest BCUT2D eigenvalue weighted by atomic mass is 10.2. The Morgan fingerprint density at radius 3 is 2.54 bits per heavy atom. The normalized spacial score (nSPS) is 20.2. The molecule has 0 saturated carbocycles. The Bertz CT molecular complexity index is 882. The monoisotopic (exact) mass is 430 g/mol. The minimum Gasteiger partial charge on any atom is -0.334 e. The number of amides is 1. The van der Waals surface area contributed by atoms with Crippen LogP contribution >= 0.6 is 35.7 Å². The van der Waals surface area contributed by atoms with Crippen LogP contribution in [0.2, 0.25) is 0 Å². The molecular weight excluding hydrogens is 412 g/mol. The highest BCUT2D eigenvalue weighted by atomic mass is 32.2. The van der Waals surface area contributed by atoms with Crippen LogP contribution in [0.5, 0.6) is 0 Å². The summed E-state index contributed by atoms with van der Waals surface area (Å²) < 4.78 is 31.3. The third-order valence-corrected chi connectivity index (χ3v) is 7.56. The van der Waals surface area contributed by atoms with Crippen molar-refractivity contribution < 1.29 is 17.8 Å². The van der Waals surface area contributed by atoms with Crippen LogP contribution in [0.3, 0.4) is 0 Å². The van der Waals surface area contributed by atoms with Crippen LogP contribution < -0.4 is 4.90 Å². The van der Waals surface area contributed by atoms with E-state index in [9.17, 15) is 13.2 Å². The van der Waals surface area contributed by atoms with Crippen molar-refractivity contribution in [3.63, 3.8) is 0 Å². The first-order valence-corrected chi connectivity index (χ1v) is 11.7. The number of likely N-dealkylation sites (N-methyl/N-ethyl adjacent to an activating group) is 1. The largest absolute Gasteiger partial charge is 0.334 e. The summed E-state index contributed by atoms with van der Waals surface area (Å²) in [7, 11) is -3.95. The predicted octanol–water partition coefficient (Wildman–Crippen LogP) is 3.32. The number of rotatable bonds is 6. The molecule has 1 fully saturated rings. The zero-order valence-electron chi connectivity index (χ0n) is 14.0. The molecule has 0 spiro atoms. The van der Waals surface area contributed by atoms with Gasteiger partial charge in [0.15, 0.2) is 0 Å². The second-order valence-electron chi connectivity index (χ2n) is 5.77. The molecule has 1 amide bonds. The van der Waals surface area contributed by atoms with Gasteiger partial charge in [-0.25, -0.2) is 0 Å². The maximum atomic E-state index is 12.7. The number of unbranched alkanes of at least 4 members (excludes halogenated alkanes) is 1. The van der Waals surface area contributed by atoms with Gasteiger partial charge in [-0.15, -0.1) is 0 Å². The van der Waals surface area contributed by atoms with Crippen molar-refractivity contribution in [1.29, 1.82) is 0 Å². The highest BCUT2D eigenvalue weighted by Gasteiger charge is 2.38. The zero-order chi connectivity index (χ0) is 18.9. The highest BCUT2D eigenvalue weighted by molar-refractivity contribution is 8.27. The second kappa shape index (κ2) is 7.89. The van der Waals surface area contributed by atoms with E-state index in [-0.39, 0.29) is 11.7 Å². The third kappa shape index (κ3) is 4.09. The van der Waals surface area contributed by atoms with Gasteiger partial charge in [-0.1, -0.05) is 47.9 Å². The van der Waals surface area contributed by atoms with Crippen LogP contribution in [0.15, 0.2) is 39.1 Å². The molecule has 1 aromatic carbocycles. The van der Waals surface area contributed by atoms with Gasteiger partial charge in [0.1, 0.15) is 14.3 Å². The van der Waals surface area contributed by atoms with Gasteiger partial charge in [-0.2, -0.15) is 8.42 Å². The molecule has 26 heavy (non-hydrogen) atoms. The predicted molar refractivity (Wildman–Crippen MR) is 110 cm³/mol. The van der Waals surface area contributed by atoms with Crippen LogP contribution in [0.4, 0.5) is 5.69 Å². The van der Waals surface area contributed by atoms with Gasteiger partial charge in [-0.3, -0.25) is 14.2 Å². The topological polar surface area (TPSA) is 77.9 Å². The van der Waals surface area contributed by atoms with Gasteiger partial charge in [0, 0.05) is 18.0 Å².